The van der Waals surface area contributed by atoms with Crippen molar-refractivity contribution in [2.75, 3.05) is 24.8 Å². The van der Waals surface area contributed by atoms with Gasteiger partial charge < -0.3 is 14.4 Å². The van der Waals surface area contributed by atoms with Crippen LogP contribution in [0.15, 0.2) is 42.5 Å². The maximum Gasteiger partial charge on any atom is 0.269 e. The molecule has 5 rings (SSSR count). The van der Waals surface area contributed by atoms with E-state index in [1.54, 1.807) is 29.5 Å². The van der Waals surface area contributed by atoms with Crippen LogP contribution in [0.2, 0.25) is 0 Å². The lowest BCUT2D eigenvalue weighted by Crippen LogP contribution is -2.49. The van der Waals surface area contributed by atoms with Crippen LogP contribution in [0.25, 0.3) is 10.2 Å². The fraction of sp³-hybridized carbons (Fsp3) is 0.286. The Morgan fingerprint density at radius 1 is 1.10 bits per heavy atom. The van der Waals surface area contributed by atoms with E-state index in [-0.39, 0.29) is 18.6 Å². The fourth-order valence-corrected chi connectivity index (χ4v) is 4.69. The molecule has 9 heteroatoms. The molecule has 0 radical (unpaired) electrons. The molecule has 3 aromatic rings. The van der Waals surface area contributed by atoms with E-state index < -0.39 is 5.91 Å². The molecule has 0 aliphatic carbocycles. The summed E-state index contributed by atoms with van der Waals surface area (Å²) in [7, 11) is 0. The van der Waals surface area contributed by atoms with Crippen molar-refractivity contribution >= 4 is 38.5 Å². The zero-order valence-electron chi connectivity index (χ0n) is 16.1. The summed E-state index contributed by atoms with van der Waals surface area (Å²) < 4.78 is 11.7. The number of hydrogen-bond acceptors (Lipinski definition) is 7. The molecule has 3 heterocycles. The Kier molecular flexibility index (Phi) is 4.88. The molecule has 0 spiro atoms. The van der Waals surface area contributed by atoms with Gasteiger partial charge in [-0.15, -0.1) is 0 Å². The number of benzene rings is 2. The van der Waals surface area contributed by atoms with Gasteiger partial charge in [0, 0.05) is 18.7 Å². The number of nitrogens with one attached hydrogen (secondary N) is 2. The maximum absolute atomic E-state index is 12.7. The van der Waals surface area contributed by atoms with Gasteiger partial charge in [0.05, 0.1) is 16.1 Å². The number of para-hydroxylation sites is 1. The predicted octanol–water partition coefficient (Wildman–Crippen LogP) is 2.70. The Labute approximate surface area is 176 Å². The van der Waals surface area contributed by atoms with Crippen LogP contribution in [0.4, 0.5) is 5.13 Å². The molecule has 30 heavy (non-hydrogen) atoms. The first-order valence-electron chi connectivity index (χ1n) is 9.78. The number of piperidine rings is 1. The molecule has 2 aliphatic heterocycles. The molecule has 154 valence electrons. The summed E-state index contributed by atoms with van der Waals surface area (Å²) in [6, 6.07) is 12.9. The van der Waals surface area contributed by atoms with Crippen molar-refractivity contribution in [1.29, 1.82) is 0 Å². The zero-order chi connectivity index (χ0) is 20.5. The summed E-state index contributed by atoms with van der Waals surface area (Å²) in [4.78, 5) is 31.9. The minimum absolute atomic E-state index is 0.143. The Morgan fingerprint density at radius 2 is 1.97 bits per heavy atom. The van der Waals surface area contributed by atoms with Crippen LogP contribution < -0.4 is 25.2 Å². The number of anilines is 1. The summed E-state index contributed by atoms with van der Waals surface area (Å²) in [6.45, 7) is 1.59. The van der Waals surface area contributed by atoms with E-state index in [9.17, 15) is 9.59 Å². The van der Waals surface area contributed by atoms with Gasteiger partial charge in [-0.05, 0) is 43.2 Å². The quantitative estimate of drug-likeness (QED) is 0.628. The average Bonchev–Trinajstić information content (AvgIpc) is 3.43. The summed E-state index contributed by atoms with van der Waals surface area (Å²) in [5.74, 6) is 0.304. The molecule has 0 saturated carbocycles. The van der Waals surface area contributed by atoms with Crippen LogP contribution in [-0.2, 0) is 4.79 Å². The molecule has 8 nitrogen and oxygen atoms in total. The number of carbonyl (C=O) groups is 2. The minimum atomic E-state index is -0.402. The van der Waals surface area contributed by atoms with Gasteiger partial charge in [-0.2, -0.15) is 0 Å². The van der Waals surface area contributed by atoms with Crippen LogP contribution in [0.3, 0.4) is 0 Å². The first-order valence-corrected chi connectivity index (χ1v) is 10.6. The Hall–Kier alpha value is -3.33. The number of thiazole rings is 1. The number of carbonyl (C=O) groups excluding carboxylic acids is 2. The van der Waals surface area contributed by atoms with Crippen LogP contribution >= 0.6 is 11.3 Å². The van der Waals surface area contributed by atoms with Crippen molar-refractivity contribution in [3.63, 3.8) is 0 Å². The normalized spacial score (nSPS) is 17.7. The van der Waals surface area contributed by atoms with E-state index in [0.717, 1.165) is 34.7 Å². The molecular weight excluding hydrogens is 404 g/mol. The first-order chi connectivity index (χ1) is 14.7. The van der Waals surface area contributed by atoms with Crippen molar-refractivity contribution in [3.05, 3.63) is 48.0 Å². The number of hydrogen-bond donors (Lipinski definition) is 2. The van der Waals surface area contributed by atoms with Crippen molar-refractivity contribution < 1.29 is 19.1 Å². The summed E-state index contributed by atoms with van der Waals surface area (Å²) in [5.41, 5.74) is 6.42. The van der Waals surface area contributed by atoms with E-state index in [1.807, 2.05) is 18.2 Å². The lowest BCUT2D eigenvalue weighted by Gasteiger charge is -2.31. The van der Waals surface area contributed by atoms with Gasteiger partial charge in [0.25, 0.3) is 5.91 Å². The van der Waals surface area contributed by atoms with Crippen molar-refractivity contribution in [2.24, 2.45) is 5.92 Å². The van der Waals surface area contributed by atoms with Gasteiger partial charge in [0.1, 0.15) is 0 Å². The van der Waals surface area contributed by atoms with Crippen LogP contribution in [0.1, 0.15) is 23.2 Å². The zero-order valence-corrected chi connectivity index (χ0v) is 16.9. The van der Waals surface area contributed by atoms with Gasteiger partial charge in [0.2, 0.25) is 12.7 Å². The molecule has 1 atom stereocenters. The van der Waals surface area contributed by atoms with E-state index in [2.05, 4.69) is 21.8 Å². The molecule has 1 aromatic heterocycles. The van der Waals surface area contributed by atoms with Crippen molar-refractivity contribution in [1.82, 2.24) is 15.8 Å². The van der Waals surface area contributed by atoms with Gasteiger partial charge in [-0.25, -0.2) is 4.98 Å². The largest absolute Gasteiger partial charge is 0.454 e. The second kappa shape index (κ2) is 7.83. The van der Waals surface area contributed by atoms with E-state index >= 15 is 0 Å². The molecule has 2 N–H and O–H groups in total. The number of nitrogens with zero attached hydrogens (tertiary/aromatic N) is 2. The highest BCUT2D eigenvalue weighted by Crippen LogP contribution is 2.33. The molecule has 1 saturated heterocycles. The Bertz CT molecular complexity index is 1080. The van der Waals surface area contributed by atoms with Crippen LogP contribution in [-0.4, -0.2) is 36.7 Å². The third-order valence-electron chi connectivity index (χ3n) is 5.28. The molecule has 2 aromatic carbocycles. The fourth-order valence-electron chi connectivity index (χ4n) is 3.69. The maximum atomic E-state index is 12.7. The standard InChI is InChI=1S/C21H20N4O4S/c26-19(13-7-8-16-17(10-13)29-12-28-16)23-24-20(27)14-4-3-9-25(11-14)21-22-15-5-1-2-6-18(15)30-21/h1-2,5-8,10,14H,3-4,9,11-12H2,(H,23,26)(H,24,27)/t14-/m1/s1. The minimum Gasteiger partial charge on any atom is -0.454 e. The SMILES string of the molecule is O=C(NNC(=O)[C@@H]1CCCN(c2nc3ccccc3s2)C1)c1ccc2c(c1)OCO2. The molecule has 0 bridgehead atoms. The van der Waals surface area contributed by atoms with E-state index in [4.69, 9.17) is 14.5 Å². The Balaban J connectivity index is 1.20. The third-order valence-corrected chi connectivity index (χ3v) is 6.38. The highest BCUT2D eigenvalue weighted by Gasteiger charge is 2.28. The predicted molar refractivity (Wildman–Crippen MR) is 113 cm³/mol. The highest BCUT2D eigenvalue weighted by molar-refractivity contribution is 7.22. The number of ether oxygens (including phenoxy) is 2. The topological polar surface area (TPSA) is 92.8 Å². The number of aromatic nitrogens is 1. The number of rotatable bonds is 3. The molecule has 2 amide bonds. The smallest absolute Gasteiger partial charge is 0.269 e. The van der Waals surface area contributed by atoms with Gasteiger partial charge in [-0.1, -0.05) is 23.5 Å². The van der Waals surface area contributed by atoms with Crippen LogP contribution in [0, 0.1) is 5.92 Å². The lowest BCUT2D eigenvalue weighted by atomic mass is 9.98. The number of hydrazine groups is 1. The highest BCUT2D eigenvalue weighted by atomic mass is 32.1. The third kappa shape index (κ3) is 3.63. The van der Waals surface area contributed by atoms with Crippen molar-refractivity contribution in [3.8, 4) is 11.5 Å². The number of fused-ring (bicyclic) bond motifs is 2. The monoisotopic (exact) mass is 424 g/mol. The van der Waals surface area contributed by atoms with E-state index in [1.165, 1.54) is 0 Å². The molecular formula is C21H20N4O4S. The van der Waals surface area contributed by atoms with E-state index in [0.29, 0.717) is 23.6 Å². The summed E-state index contributed by atoms with van der Waals surface area (Å²) in [5, 5.41) is 0.929. The second-order valence-corrected chi connectivity index (χ2v) is 8.27. The van der Waals surface area contributed by atoms with Gasteiger partial charge in [-0.3, -0.25) is 20.4 Å². The first kappa shape index (κ1) is 18.7. The molecule has 2 aliphatic rings. The lowest BCUT2D eigenvalue weighted by molar-refractivity contribution is -0.126. The summed E-state index contributed by atoms with van der Waals surface area (Å²) in [6.07, 6.45) is 1.66. The van der Waals surface area contributed by atoms with Crippen molar-refractivity contribution in [2.45, 2.75) is 12.8 Å². The van der Waals surface area contributed by atoms with Gasteiger partial charge in [0.15, 0.2) is 16.6 Å². The number of amides is 2. The average molecular weight is 424 g/mol. The Morgan fingerprint density at radius 3 is 2.87 bits per heavy atom. The summed E-state index contributed by atoms with van der Waals surface area (Å²) >= 11 is 1.63. The molecule has 0 unspecified atom stereocenters. The molecule has 1 fully saturated rings. The van der Waals surface area contributed by atoms with Gasteiger partial charge >= 0.3 is 0 Å². The second-order valence-electron chi connectivity index (χ2n) is 7.26. The van der Waals surface area contributed by atoms with Crippen LogP contribution in [0.5, 0.6) is 11.5 Å².